The molecule has 38 heavy (non-hydrogen) atoms. The Morgan fingerprint density at radius 2 is 1.61 bits per heavy atom. The van der Waals surface area contributed by atoms with Crippen molar-refractivity contribution in [3.63, 3.8) is 0 Å². The number of carbonyl (C=O) groups excluding carboxylic acids is 2. The number of benzene rings is 3. The van der Waals surface area contributed by atoms with Gasteiger partial charge in [-0.1, -0.05) is 58.4 Å². The summed E-state index contributed by atoms with van der Waals surface area (Å²) < 4.78 is 17.8. The van der Waals surface area contributed by atoms with E-state index in [4.69, 9.17) is 14.2 Å². The van der Waals surface area contributed by atoms with Crippen LogP contribution in [0.25, 0.3) is 5.53 Å². The molecule has 0 aromatic heterocycles. The van der Waals surface area contributed by atoms with Crippen LogP contribution in [-0.2, 0) is 27.5 Å². The lowest BCUT2D eigenvalue weighted by Gasteiger charge is -2.19. The van der Waals surface area contributed by atoms with Crippen molar-refractivity contribution in [2.45, 2.75) is 39.1 Å². The molecule has 0 radical (unpaired) electrons. The number of rotatable bonds is 10. The van der Waals surface area contributed by atoms with Crippen molar-refractivity contribution in [3.8, 4) is 11.5 Å². The van der Waals surface area contributed by atoms with Crippen LogP contribution in [-0.4, -0.2) is 46.5 Å². The zero-order valence-corrected chi connectivity index (χ0v) is 22.6. The molecular formula is C29H28BrN3O5. The van der Waals surface area contributed by atoms with E-state index in [2.05, 4.69) is 20.7 Å². The second kappa shape index (κ2) is 13.0. The fourth-order valence-electron chi connectivity index (χ4n) is 4.06. The van der Waals surface area contributed by atoms with E-state index >= 15 is 0 Å². The highest BCUT2D eigenvalue weighted by molar-refractivity contribution is 9.10. The molecule has 1 heterocycles. The first-order valence-corrected chi connectivity index (χ1v) is 13.1. The molecule has 0 saturated carbocycles. The van der Waals surface area contributed by atoms with Gasteiger partial charge in [-0.3, -0.25) is 4.79 Å². The molecule has 0 aliphatic carbocycles. The Morgan fingerprint density at radius 1 is 0.947 bits per heavy atom. The van der Waals surface area contributed by atoms with E-state index in [0.717, 1.165) is 29.7 Å². The van der Waals surface area contributed by atoms with Gasteiger partial charge in [0.25, 0.3) is 5.91 Å². The second-order valence-corrected chi connectivity index (χ2v) is 9.79. The van der Waals surface area contributed by atoms with Crippen molar-refractivity contribution < 1.29 is 28.6 Å². The predicted octanol–water partition coefficient (Wildman–Crippen LogP) is 5.18. The molecule has 1 saturated heterocycles. The van der Waals surface area contributed by atoms with Gasteiger partial charge in [-0.15, -0.1) is 0 Å². The highest BCUT2D eigenvalue weighted by atomic mass is 79.9. The summed E-state index contributed by atoms with van der Waals surface area (Å²) >= 11 is 3.38. The smallest absolute Gasteiger partial charge is 0.423 e. The number of likely N-dealkylation sites (tertiary alicyclic amines) is 1. The fourth-order valence-corrected chi connectivity index (χ4v) is 4.42. The van der Waals surface area contributed by atoms with Crippen LogP contribution in [0.5, 0.6) is 11.5 Å². The molecule has 3 aromatic rings. The van der Waals surface area contributed by atoms with Crippen LogP contribution >= 0.6 is 15.9 Å². The molecule has 0 N–H and O–H groups in total. The van der Waals surface area contributed by atoms with Gasteiger partial charge >= 0.3 is 11.7 Å². The Balaban J connectivity index is 1.40. The average molecular weight is 578 g/mol. The average Bonchev–Trinajstić information content (AvgIpc) is 3.48. The number of hydrogen-bond acceptors (Lipinski definition) is 5. The van der Waals surface area contributed by atoms with E-state index in [1.165, 1.54) is 6.92 Å². The van der Waals surface area contributed by atoms with Gasteiger partial charge in [0.05, 0.1) is 0 Å². The number of ether oxygens (including phenoxy) is 3. The van der Waals surface area contributed by atoms with Crippen LogP contribution in [0.4, 0.5) is 0 Å². The first kappa shape index (κ1) is 27.1. The SMILES string of the molecule is C[C@@H](OC(=O)C(=[N+]=[N-])c1cc(Br)ccc1OCc1ccc(OCc2ccccc2)cc1)C(=O)N1CCCC1. The summed E-state index contributed by atoms with van der Waals surface area (Å²) in [6.45, 7) is 3.47. The van der Waals surface area contributed by atoms with Crippen LogP contribution < -0.4 is 9.47 Å². The predicted molar refractivity (Wildman–Crippen MR) is 145 cm³/mol. The molecule has 3 aromatic carbocycles. The van der Waals surface area contributed by atoms with E-state index in [0.29, 0.717) is 29.9 Å². The first-order chi connectivity index (χ1) is 18.4. The van der Waals surface area contributed by atoms with Crippen molar-refractivity contribution in [1.82, 2.24) is 4.90 Å². The van der Waals surface area contributed by atoms with Crippen LogP contribution in [0.2, 0.25) is 0 Å². The molecule has 4 rings (SSSR count). The van der Waals surface area contributed by atoms with Crippen molar-refractivity contribution in [2.24, 2.45) is 0 Å². The highest BCUT2D eigenvalue weighted by Gasteiger charge is 2.33. The maximum absolute atomic E-state index is 12.9. The van der Waals surface area contributed by atoms with E-state index in [1.807, 2.05) is 54.6 Å². The zero-order chi connectivity index (χ0) is 26.9. The van der Waals surface area contributed by atoms with E-state index < -0.39 is 12.1 Å². The maximum atomic E-state index is 12.9. The lowest BCUT2D eigenvalue weighted by Crippen LogP contribution is -2.39. The molecule has 1 aliphatic rings. The minimum Gasteiger partial charge on any atom is -0.489 e. The summed E-state index contributed by atoms with van der Waals surface area (Å²) in [6.07, 6.45) is 0.854. The lowest BCUT2D eigenvalue weighted by atomic mass is 10.1. The molecule has 1 fully saturated rings. The quantitative estimate of drug-likeness (QED) is 0.143. The van der Waals surface area contributed by atoms with Gasteiger partial charge in [-0.25, -0.2) is 4.79 Å². The third-order valence-electron chi connectivity index (χ3n) is 6.11. The molecule has 8 nitrogen and oxygen atoms in total. The maximum Gasteiger partial charge on any atom is 0.423 e. The van der Waals surface area contributed by atoms with E-state index in [1.54, 1.807) is 23.1 Å². The Labute approximate surface area is 229 Å². The number of esters is 1. The molecular weight excluding hydrogens is 550 g/mol. The Hall–Kier alpha value is -3.94. The highest BCUT2D eigenvalue weighted by Crippen LogP contribution is 2.26. The molecule has 0 bridgehead atoms. The summed E-state index contributed by atoms with van der Waals surface area (Å²) in [5.41, 5.74) is 11.5. The summed E-state index contributed by atoms with van der Waals surface area (Å²) in [4.78, 5) is 30.3. The molecule has 196 valence electrons. The minimum absolute atomic E-state index is 0.200. The zero-order valence-electron chi connectivity index (χ0n) is 21.0. The Kier molecular flexibility index (Phi) is 9.30. The Bertz CT molecular complexity index is 1320. The van der Waals surface area contributed by atoms with Gasteiger partial charge in [0.1, 0.15) is 30.3 Å². The molecule has 1 amide bonds. The summed E-state index contributed by atoms with van der Waals surface area (Å²) in [6, 6.07) is 22.4. The minimum atomic E-state index is -1.00. The van der Waals surface area contributed by atoms with Gasteiger partial charge in [-0.05, 0) is 61.2 Å². The topological polar surface area (TPSA) is 101 Å². The molecule has 9 heteroatoms. The summed E-state index contributed by atoms with van der Waals surface area (Å²) in [5.74, 6) is -0.136. The summed E-state index contributed by atoms with van der Waals surface area (Å²) in [7, 11) is 0. The first-order valence-electron chi connectivity index (χ1n) is 12.3. The fraction of sp³-hybridized carbons (Fsp3) is 0.276. The van der Waals surface area contributed by atoms with Crippen molar-refractivity contribution >= 4 is 33.5 Å². The van der Waals surface area contributed by atoms with Crippen molar-refractivity contribution in [1.29, 1.82) is 0 Å². The molecule has 1 aliphatic heterocycles. The largest absolute Gasteiger partial charge is 0.489 e. The molecule has 0 spiro atoms. The number of hydrogen-bond donors (Lipinski definition) is 0. The third-order valence-corrected chi connectivity index (χ3v) is 6.60. The monoisotopic (exact) mass is 577 g/mol. The molecule has 1 atom stereocenters. The van der Waals surface area contributed by atoms with Gasteiger partial charge in [-0.2, -0.15) is 4.79 Å². The standard InChI is InChI=1S/C29H28BrN3O5/c1-20(28(34)33-15-5-6-16-33)38-29(35)27(32-31)25-17-23(30)11-14-26(25)37-19-22-9-12-24(13-10-22)36-18-21-7-3-2-4-8-21/h2-4,7-14,17,20H,5-6,15-16,18-19H2,1H3/t20-/m1/s1. The van der Waals surface area contributed by atoms with Crippen LogP contribution in [0, 0.1) is 0 Å². The van der Waals surface area contributed by atoms with Crippen molar-refractivity contribution in [3.05, 3.63) is 99.5 Å². The van der Waals surface area contributed by atoms with E-state index in [-0.39, 0.29) is 23.8 Å². The van der Waals surface area contributed by atoms with Crippen LogP contribution in [0.1, 0.15) is 36.5 Å². The summed E-state index contributed by atoms with van der Waals surface area (Å²) in [5, 5.41) is 0. The number of halogens is 1. The van der Waals surface area contributed by atoms with E-state index in [9.17, 15) is 15.1 Å². The molecule has 0 unspecified atom stereocenters. The Morgan fingerprint density at radius 3 is 2.29 bits per heavy atom. The second-order valence-electron chi connectivity index (χ2n) is 8.88. The van der Waals surface area contributed by atoms with Gasteiger partial charge in [0.2, 0.25) is 0 Å². The van der Waals surface area contributed by atoms with Gasteiger partial charge in [0, 0.05) is 17.6 Å². The normalized spacial score (nSPS) is 13.4. The van der Waals surface area contributed by atoms with Gasteiger partial charge in [0.15, 0.2) is 6.10 Å². The number of nitrogens with zero attached hydrogens (tertiary/aromatic N) is 3. The third kappa shape index (κ3) is 7.09. The van der Waals surface area contributed by atoms with Crippen LogP contribution in [0.3, 0.4) is 0 Å². The van der Waals surface area contributed by atoms with Gasteiger partial charge < -0.3 is 24.6 Å². The van der Waals surface area contributed by atoms with Crippen LogP contribution in [0.15, 0.2) is 77.3 Å². The number of amides is 1. The number of carbonyl (C=O) groups is 2. The van der Waals surface area contributed by atoms with Crippen molar-refractivity contribution in [2.75, 3.05) is 13.1 Å². The lowest BCUT2D eigenvalue weighted by molar-refractivity contribution is -0.155.